The average Bonchev–Trinajstić information content (AvgIpc) is 2.39. The maximum atomic E-state index is 11.8. The number of phenolic OH excluding ortho intramolecular Hbond substituents is 2. The van der Waals surface area contributed by atoms with E-state index in [1.807, 2.05) is 0 Å². The molecule has 0 aliphatic carbocycles. The van der Waals surface area contributed by atoms with Crippen LogP contribution in [0, 0.1) is 11.8 Å². The van der Waals surface area contributed by atoms with Crippen LogP contribution in [0.4, 0.5) is 0 Å². The Labute approximate surface area is 136 Å². The fourth-order valence-electron chi connectivity index (χ4n) is 2.86. The van der Waals surface area contributed by atoms with E-state index < -0.39 is 5.63 Å². The number of hydrogen-bond acceptors (Lipinski definition) is 5. The largest absolute Gasteiger partial charge is 0.504 e. The minimum Gasteiger partial charge on any atom is -0.504 e. The second kappa shape index (κ2) is 7.04. The van der Waals surface area contributed by atoms with E-state index in [9.17, 15) is 15.0 Å². The molecule has 0 bridgehead atoms. The molecule has 2 aromatic rings. The van der Waals surface area contributed by atoms with Gasteiger partial charge < -0.3 is 14.6 Å². The quantitative estimate of drug-likeness (QED) is 0.631. The lowest BCUT2D eigenvalue weighted by molar-refractivity contribution is 0.212. The summed E-state index contributed by atoms with van der Waals surface area (Å²) >= 11 is 0. The standard InChI is InChI=1S/C18H25NO4/c1-11(2)8-19(9-12(3)4)10-13-5-18(22)23-17-7-16(21)15(20)6-14(13)17/h5-7,11-12,20-21H,8-10H2,1-4H3. The Morgan fingerprint density at radius 3 is 2.13 bits per heavy atom. The molecule has 0 unspecified atom stereocenters. The fourth-order valence-corrected chi connectivity index (χ4v) is 2.86. The molecular formula is C18H25NO4. The highest BCUT2D eigenvalue weighted by atomic mass is 16.4. The average molecular weight is 319 g/mol. The molecule has 5 heteroatoms. The van der Waals surface area contributed by atoms with Gasteiger partial charge in [0, 0.05) is 37.2 Å². The molecule has 23 heavy (non-hydrogen) atoms. The van der Waals surface area contributed by atoms with Crippen LogP contribution < -0.4 is 5.63 Å². The minimum absolute atomic E-state index is 0.216. The normalized spacial score (nSPS) is 12.0. The Bertz CT molecular complexity index is 724. The van der Waals surface area contributed by atoms with Gasteiger partial charge in [-0.25, -0.2) is 4.79 Å². The minimum atomic E-state index is -0.452. The highest BCUT2D eigenvalue weighted by Crippen LogP contribution is 2.31. The van der Waals surface area contributed by atoms with Gasteiger partial charge >= 0.3 is 5.63 Å². The molecule has 0 aliphatic heterocycles. The number of benzene rings is 1. The van der Waals surface area contributed by atoms with E-state index >= 15 is 0 Å². The van der Waals surface area contributed by atoms with Gasteiger partial charge in [0.2, 0.25) is 0 Å². The van der Waals surface area contributed by atoms with Crippen LogP contribution in [-0.2, 0) is 6.54 Å². The summed E-state index contributed by atoms with van der Waals surface area (Å²) in [6.07, 6.45) is 0. The smallest absolute Gasteiger partial charge is 0.336 e. The molecule has 0 saturated carbocycles. The van der Waals surface area contributed by atoms with Crippen LogP contribution in [-0.4, -0.2) is 28.2 Å². The van der Waals surface area contributed by atoms with Crippen molar-refractivity contribution in [1.29, 1.82) is 0 Å². The van der Waals surface area contributed by atoms with Gasteiger partial charge in [-0.3, -0.25) is 4.90 Å². The molecule has 2 rings (SSSR count). The Morgan fingerprint density at radius 1 is 1.00 bits per heavy atom. The van der Waals surface area contributed by atoms with Crippen LogP contribution in [0.1, 0.15) is 33.3 Å². The Hall–Kier alpha value is -2.01. The zero-order valence-electron chi connectivity index (χ0n) is 14.2. The molecule has 2 N–H and O–H groups in total. The summed E-state index contributed by atoms with van der Waals surface area (Å²) in [5.74, 6) is 0.515. The van der Waals surface area contributed by atoms with Crippen molar-refractivity contribution in [3.63, 3.8) is 0 Å². The molecule has 0 atom stereocenters. The number of fused-ring (bicyclic) bond motifs is 1. The molecule has 1 heterocycles. The summed E-state index contributed by atoms with van der Waals surface area (Å²) in [5, 5.41) is 20.0. The van der Waals surface area contributed by atoms with Gasteiger partial charge in [0.15, 0.2) is 11.5 Å². The third-order valence-corrected chi connectivity index (χ3v) is 3.57. The van der Waals surface area contributed by atoms with Crippen LogP contribution >= 0.6 is 0 Å². The van der Waals surface area contributed by atoms with E-state index in [1.54, 1.807) is 0 Å². The van der Waals surface area contributed by atoms with E-state index in [2.05, 4.69) is 32.6 Å². The highest BCUT2D eigenvalue weighted by Gasteiger charge is 2.15. The van der Waals surface area contributed by atoms with Crippen molar-refractivity contribution >= 4 is 11.0 Å². The predicted molar refractivity (Wildman–Crippen MR) is 90.8 cm³/mol. The fraction of sp³-hybridized carbons (Fsp3) is 0.500. The predicted octanol–water partition coefficient (Wildman–Crippen LogP) is 3.32. The Morgan fingerprint density at radius 2 is 1.57 bits per heavy atom. The van der Waals surface area contributed by atoms with Crippen LogP contribution in [0.15, 0.2) is 27.4 Å². The molecule has 1 aromatic carbocycles. The second-order valence-corrected chi connectivity index (χ2v) is 6.91. The number of nitrogens with zero attached hydrogens (tertiary/aromatic N) is 1. The van der Waals surface area contributed by atoms with Gasteiger partial charge in [-0.15, -0.1) is 0 Å². The lowest BCUT2D eigenvalue weighted by Crippen LogP contribution is -2.31. The Balaban J connectivity index is 2.44. The number of aromatic hydroxyl groups is 2. The first-order valence-electron chi connectivity index (χ1n) is 7.97. The molecule has 1 aromatic heterocycles. The lowest BCUT2D eigenvalue weighted by Gasteiger charge is -2.26. The summed E-state index contributed by atoms with van der Waals surface area (Å²) in [4.78, 5) is 14.1. The van der Waals surface area contributed by atoms with E-state index in [-0.39, 0.29) is 17.1 Å². The molecule has 0 saturated heterocycles. The Kier molecular flexibility index (Phi) is 5.31. The first kappa shape index (κ1) is 17.3. The molecule has 0 spiro atoms. The van der Waals surface area contributed by atoms with Crippen LogP contribution in [0.5, 0.6) is 11.5 Å². The summed E-state index contributed by atoms with van der Waals surface area (Å²) in [7, 11) is 0. The van der Waals surface area contributed by atoms with E-state index in [1.165, 1.54) is 18.2 Å². The lowest BCUT2D eigenvalue weighted by atomic mass is 10.1. The first-order chi connectivity index (χ1) is 10.8. The molecule has 0 amide bonds. The monoisotopic (exact) mass is 319 g/mol. The van der Waals surface area contributed by atoms with Crippen LogP contribution in [0.25, 0.3) is 11.0 Å². The zero-order chi connectivity index (χ0) is 17.1. The molecule has 0 fully saturated rings. The molecule has 0 aliphatic rings. The van der Waals surface area contributed by atoms with Gasteiger partial charge in [-0.2, -0.15) is 0 Å². The summed E-state index contributed by atoms with van der Waals surface area (Å²) in [6, 6.07) is 4.20. The van der Waals surface area contributed by atoms with Gasteiger partial charge in [-0.05, 0) is 23.5 Å². The topological polar surface area (TPSA) is 73.9 Å². The highest BCUT2D eigenvalue weighted by molar-refractivity contribution is 5.83. The maximum Gasteiger partial charge on any atom is 0.336 e. The van der Waals surface area contributed by atoms with Crippen molar-refractivity contribution in [1.82, 2.24) is 4.90 Å². The van der Waals surface area contributed by atoms with Crippen LogP contribution in [0.2, 0.25) is 0 Å². The third kappa shape index (κ3) is 4.48. The van der Waals surface area contributed by atoms with Gasteiger partial charge in [0.1, 0.15) is 5.58 Å². The van der Waals surface area contributed by atoms with Crippen molar-refractivity contribution in [3.05, 3.63) is 34.2 Å². The van der Waals surface area contributed by atoms with E-state index in [0.717, 1.165) is 18.7 Å². The van der Waals surface area contributed by atoms with Crippen molar-refractivity contribution in [2.75, 3.05) is 13.1 Å². The zero-order valence-corrected chi connectivity index (χ0v) is 14.2. The summed E-state index contributed by atoms with van der Waals surface area (Å²) in [5.41, 5.74) is 0.635. The molecule has 0 radical (unpaired) electrons. The number of rotatable bonds is 6. The SMILES string of the molecule is CC(C)CN(Cc1cc(=O)oc2cc(O)c(O)cc12)CC(C)C. The van der Waals surface area contributed by atoms with Gasteiger partial charge in [0.25, 0.3) is 0 Å². The second-order valence-electron chi connectivity index (χ2n) is 6.91. The summed E-state index contributed by atoms with van der Waals surface area (Å²) < 4.78 is 5.14. The van der Waals surface area contributed by atoms with Gasteiger partial charge in [0.05, 0.1) is 0 Å². The molecule has 126 valence electrons. The van der Waals surface area contributed by atoms with Crippen molar-refractivity contribution in [3.8, 4) is 11.5 Å². The number of phenols is 2. The van der Waals surface area contributed by atoms with E-state index in [4.69, 9.17) is 4.42 Å². The molecule has 5 nitrogen and oxygen atoms in total. The van der Waals surface area contributed by atoms with Crippen molar-refractivity contribution < 1.29 is 14.6 Å². The van der Waals surface area contributed by atoms with Gasteiger partial charge in [-0.1, -0.05) is 27.7 Å². The summed E-state index contributed by atoms with van der Waals surface area (Å²) in [6.45, 7) is 11.1. The van der Waals surface area contributed by atoms with Crippen molar-refractivity contribution in [2.24, 2.45) is 11.8 Å². The third-order valence-electron chi connectivity index (χ3n) is 3.57. The first-order valence-corrected chi connectivity index (χ1v) is 7.97. The van der Waals surface area contributed by atoms with Crippen molar-refractivity contribution in [2.45, 2.75) is 34.2 Å². The number of hydrogen-bond donors (Lipinski definition) is 2. The van der Waals surface area contributed by atoms with E-state index in [0.29, 0.717) is 23.8 Å². The van der Waals surface area contributed by atoms with Crippen LogP contribution in [0.3, 0.4) is 0 Å². The maximum absolute atomic E-state index is 11.8. The molecular weight excluding hydrogens is 294 g/mol.